The number of nitrogens with one attached hydrogen (secondary N) is 1. The van der Waals surface area contributed by atoms with Crippen molar-refractivity contribution in [3.05, 3.63) is 58.7 Å². The second kappa shape index (κ2) is 6.68. The Bertz CT molecular complexity index is 716. The Labute approximate surface area is 129 Å². The molecule has 2 aromatic carbocycles. The molecule has 0 bridgehead atoms. The van der Waals surface area contributed by atoms with Gasteiger partial charge in [-0.3, -0.25) is 4.79 Å². The average molecular weight is 327 g/mol. The second-order valence-corrected chi connectivity index (χ2v) is 4.90. The largest absolute Gasteiger partial charge is 0.477 e. The van der Waals surface area contributed by atoms with Crippen molar-refractivity contribution in [2.24, 2.45) is 0 Å². The molecule has 0 atom stereocenters. The van der Waals surface area contributed by atoms with Crippen molar-refractivity contribution < 1.29 is 27.1 Å². The maximum atomic E-state index is 13.4. The van der Waals surface area contributed by atoms with Crippen LogP contribution in [0.1, 0.15) is 11.1 Å². The number of rotatable bonds is 4. The van der Waals surface area contributed by atoms with E-state index < -0.39 is 41.5 Å². The summed E-state index contributed by atoms with van der Waals surface area (Å²) >= 11 is 0. The number of hydrogen-bond acceptors (Lipinski definition) is 2. The Kier molecular flexibility index (Phi) is 4.88. The molecule has 0 spiro atoms. The maximum Gasteiger partial charge on any atom is 0.262 e. The number of aryl methyl sites for hydroxylation is 2. The molecule has 0 aliphatic carbocycles. The molecular formula is C16H13F4NO2. The first-order valence-corrected chi connectivity index (χ1v) is 6.63. The van der Waals surface area contributed by atoms with Crippen molar-refractivity contribution in [2.75, 3.05) is 11.9 Å². The van der Waals surface area contributed by atoms with Gasteiger partial charge in [-0.25, -0.2) is 8.78 Å². The van der Waals surface area contributed by atoms with Gasteiger partial charge < -0.3 is 10.1 Å². The molecule has 0 radical (unpaired) electrons. The highest BCUT2D eigenvalue weighted by molar-refractivity contribution is 5.93. The third-order valence-electron chi connectivity index (χ3n) is 3.16. The van der Waals surface area contributed by atoms with E-state index in [1.807, 2.05) is 0 Å². The van der Waals surface area contributed by atoms with Gasteiger partial charge in [-0.15, -0.1) is 0 Å². The minimum atomic E-state index is -1.69. The van der Waals surface area contributed by atoms with Crippen LogP contribution in [0.15, 0.2) is 24.3 Å². The molecular weight excluding hydrogens is 314 g/mol. The molecule has 122 valence electrons. The van der Waals surface area contributed by atoms with Crippen LogP contribution in [-0.4, -0.2) is 12.5 Å². The van der Waals surface area contributed by atoms with Crippen molar-refractivity contribution in [3.8, 4) is 5.75 Å². The van der Waals surface area contributed by atoms with Crippen molar-refractivity contribution in [1.82, 2.24) is 0 Å². The van der Waals surface area contributed by atoms with Gasteiger partial charge in [-0.2, -0.15) is 8.78 Å². The zero-order valence-corrected chi connectivity index (χ0v) is 12.3. The van der Waals surface area contributed by atoms with Gasteiger partial charge in [0, 0.05) is 11.8 Å². The number of halogens is 4. The molecule has 2 aromatic rings. The fourth-order valence-electron chi connectivity index (χ4n) is 2.00. The monoisotopic (exact) mass is 327 g/mol. The summed E-state index contributed by atoms with van der Waals surface area (Å²) in [5.41, 5.74) is 2.10. The summed E-state index contributed by atoms with van der Waals surface area (Å²) in [6, 6.07) is 5.40. The molecule has 3 nitrogen and oxygen atoms in total. The fourth-order valence-corrected chi connectivity index (χ4v) is 2.00. The van der Waals surface area contributed by atoms with Crippen LogP contribution >= 0.6 is 0 Å². The Balaban J connectivity index is 2.12. The molecule has 0 saturated heterocycles. The first-order valence-electron chi connectivity index (χ1n) is 6.63. The van der Waals surface area contributed by atoms with Gasteiger partial charge in [-0.05, 0) is 25.0 Å². The van der Waals surface area contributed by atoms with Gasteiger partial charge in [0.15, 0.2) is 24.0 Å². The van der Waals surface area contributed by atoms with E-state index in [1.165, 1.54) is 0 Å². The lowest BCUT2D eigenvalue weighted by Gasteiger charge is -2.13. The van der Waals surface area contributed by atoms with Crippen LogP contribution in [0, 0.1) is 37.1 Å². The smallest absolute Gasteiger partial charge is 0.262 e. The number of carbonyl (C=O) groups is 1. The highest BCUT2D eigenvalue weighted by atomic mass is 19.2. The van der Waals surface area contributed by atoms with Gasteiger partial charge in [0.25, 0.3) is 5.91 Å². The number of benzene rings is 2. The van der Waals surface area contributed by atoms with Crippen molar-refractivity contribution in [2.45, 2.75) is 13.8 Å². The van der Waals surface area contributed by atoms with Gasteiger partial charge in [0.2, 0.25) is 11.6 Å². The number of amides is 1. The van der Waals surface area contributed by atoms with E-state index >= 15 is 0 Å². The van der Waals surface area contributed by atoms with E-state index in [9.17, 15) is 22.4 Å². The van der Waals surface area contributed by atoms with Gasteiger partial charge in [-0.1, -0.05) is 18.2 Å². The fraction of sp³-hybridized carbons (Fsp3) is 0.188. The van der Waals surface area contributed by atoms with E-state index in [1.54, 1.807) is 32.0 Å². The average Bonchev–Trinajstić information content (AvgIpc) is 2.49. The predicted molar refractivity (Wildman–Crippen MR) is 76.3 cm³/mol. The van der Waals surface area contributed by atoms with E-state index in [-0.39, 0.29) is 6.07 Å². The van der Waals surface area contributed by atoms with Crippen LogP contribution in [0.4, 0.5) is 23.2 Å². The summed E-state index contributed by atoms with van der Waals surface area (Å²) in [6.07, 6.45) is 0. The SMILES string of the molecule is Cc1cccc(C)c1NC(=O)COc1c(F)c(F)cc(F)c1F. The van der Waals surface area contributed by atoms with Gasteiger partial charge in [0.05, 0.1) is 0 Å². The summed E-state index contributed by atoms with van der Waals surface area (Å²) in [6.45, 7) is 2.74. The molecule has 0 heterocycles. The van der Waals surface area contributed by atoms with Gasteiger partial charge in [0.1, 0.15) is 0 Å². The highest BCUT2D eigenvalue weighted by Gasteiger charge is 2.21. The number of carbonyl (C=O) groups excluding carboxylic acids is 1. The summed E-state index contributed by atoms with van der Waals surface area (Å²) in [5.74, 6) is -8.57. The zero-order chi connectivity index (χ0) is 17.1. The lowest BCUT2D eigenvalue weighted by molar-refractivity contribution is -0.118. The van der Waals surface area contributed by atoms with E-state index in [0.29, 0.717) is 5.69 Å². The molecule has 23 heavy (non-hydrogen) atoms. The number of para-hydroxylation sites is 1. The number of hydrogen-bond donors (Lipinski definition) is 1. The molecule has 0 fully saturated rings. The van der Waals surface area contributed by atoms with Crippen molar-refractivity contribution >= 4 is 11.6 Å². The Morgan fingerprint density at radius 1 is 1.04 bits per heavy atom. The van der Waals surface area contributed by atoms with Crippen LogP contribution in [0.25, 0.3) is 0 Å². The maximum absolute atomic E-state index is 13.4. The van der Waals surface area contributed by atoms with E-state index in [0.717, 1.165) is 11.1 Å². The van der Waals surface area contributed by atoms with Crippen molar-refractivity contribution in [3.63, 3.8) is 0 Å². The molecule has 0 aromatic heterocycles. The molecule has 1 amide bonds. The molecule has 7 heteroatoms. The normalized spacial score (nSPS) is 10.5. The van der Waals surface area contributed by atoms with Gasteiger partial charge >= 0.3 is 0 Å². The van der Waals surface area contributed by atoms with Crippen LogP contribution < -0.4 is 10.1 Å². The minimum absolute atomic E-state index is 0.0638. The molecule has 0 aliphatic heterocycles. The van der Waals surface area contributed by atoms with E-state index in [2.05, 4.69) is 10.1 Å². The second-order valence-electron chi connectivity index (χ2n) is 4.90. The third-order valence-corrected chi connectivity index (χ3v) is 3.16. The Morgan fingerprint density at radius 3 is 2.09 bits per heavy atom. The lowest BCUT2D eigenvalue weighted by Crippen LogP contribution is -2.22. The Hall–Kier alpha value is -2.57. The predicted octanol–water partition coefficient (Wildman–Crippen LogP) is 3.88. The Morgan fingerprint density at radius 2 is 1.57 bits per heavy atom. The van der Waals surface area contributed by atoms with Crippen LogP contribution in [0.2, 0.25) is 0 Å². The quantitative estimate of drug-likeness (QED) is 0.684. The molecule has 2 rings (SSSR count). The summed E-state index contributed by atoms with van der Waals surface area (Å²) < 4.78 is 57.5. The molecule has 0 unspecified atom stereocenters. The summed E-state index contributed by atoms with van der Waals surface area (Å²) in [7, 11) is 0. The topological polar surface area (TPSA) is 38.3 Å². The number of ether oxygens (including phenoxy) is 1. The zero-order valence-electron chi connectivity index (χ0n) is 12.3. The standard InChI is InChI=1S/C16H13F4NO2/c1-8-4-3-5-9(2)15(8)21-12(22)7-23-16-13(19)10(17)6-11(18)14(16)20/h3-6H,7H2,1-2H3,(H,21,22). The summed E-state index contributed by atoms with van der Waals surface area (Å²) in [4.78, 5) is 11.8. The van der Waals surface area contributed by atoms with Crippen molar-refractivity contribution in [1.29, 1.82) is 0 Å². The van der Waals surface area contributed by atoms with Crippen LogP contribution in [0.3, 0.4) is 0 Å². The highest BCUT2D eigenvalue weighted by Crippen LogP contribution is 2.26. The number of anilines is 1. The third kappa shape index (κ3) is 3.61. The van der Waals surface area contributed by atoms with E-state index in [4.69, 9.17) is 0 Å². The first kappa shape index (κ1) is 16.8. The minimum Gasteiger partial charge on any atom is -0.477 e. The lowest BCUT2D eigenvalue weighted by atomic mass is 10.1. The molecule has 1 N–H and O–H groups in total. The van der Waals surface area contributed by atoms with Crippen LogP contribution in [-0.2, 0) is 4.79 Å². The van der Waals surface area contributed by atoms with Crippen LogP contribution in [0.5, 0.6) is 5.75 Å². The first-order chi connectivity index (χ1) is 10.8. The summed E-state index contributed by atoms with van der Waals surface area (Å²) in [5, 5.41) is 2.52. The molecule has 0 aliphatic rings. The molecule has 0 saturated carbocycles.